The standard InChI is InChI=1S/C17H18/c1-2-8-14(9-3-1)16-12-6-4-10-15-11-5-7-13-17(15)16/h1-3,5,7-9,11,13,16H,4,6,10,12H2. The van der Waals surface area contributed by atoms with Crippen molar-refractivity contribution in [1.82, 2.24) is 0 Å². The molecule has 0 radical (unpaired) electrons. The molecule has 2 aromatic rings. The highest BCUT2D eigenvalue weighted by molar-refractivity contribution is 5.38. The smallest absolute Gasteiger partial charge is 0.00920 e. The summed E-state index contributed by atoms with van der Waals surface area (Å²) in [6.07, 6.45) is 5.22. The van der Waals surface area contributed by atoms with Gasteiger partial charge in [0, 0.05) is 5.92 Å². The molecular weight excluding hydrogens is 204 g/mol. The first kappa shape index (κ1) is 10.6. The second-order valence-corrected chi connectivity index (χ2v) is 4.91. The molecular formula is C17H18. The van der Waals surface area contributed by atoms with E-state index in [1.807, 2.05) is 0 Å². The second kappa shape index (κ2) is 4.75. The van der Waals surface area contributed by atoms with Gasteiger partial charge in [-0.2, -0.15) is 0 Å². The van der Waals surface area contributed by atoms with Gasteiger partial charge in [0.15, 0.2) is 0 Å². The number of rotatable bonds is 1. The SMILES string of the molecule is c1ccc(C2CCCCc3ccccc32)cc1. The molecule has 17 heavy (non-hydrogen) atoms. The molecule has 0 amide bonds. The van der Waals surface area contributed by atoms with Crippen LogP contribution < -0.4 is 0 Å². The lowest BCUT2D eigenvalue weighted by atomic mass is 9.87. The van der Waals surface area contributed by atoms with Crippen LogP contribution in [0.3, 0.4) is 0 Å². The zero-order valence-electron chi connectivity index (χ0n) is 10.1. The Balaban J connectivity index is 2.06. The normalized spacial score (nSPS) is 19.4. The average molecular weight is 222 g/mol. The highest BCUT2D eigenvalue weighted by Crippen LogP contribution is 2.35. The van der Waals surface area contributed by atoms with E-state index in [0.29, 0.717) is 5.92 Å². The van der Waals surface area contributed by atoms with Crippen molar-refractivity contribution in [2.75, 3.05) is 0 Å². The van der Waals surface area contributed by atoms with Crippen molar-refractivity contribution in [2.24, 2.45) is 0 Å². The Kier molecular flexibility index (Phi) is 2.96. The van der Waals surface area contributed by atoms with Crippen molar-refractivity contribution in [3.05, 3.63) is 71.3 Å². The predicted octanol–water partition coefficient (Wildman–Crippen LogP) is 4.54. The first-order valence-corrected chi connectivity index (χ1v) is 6.58. The van der Waals surface area contributed by atoms with Crippen LogP contribution in [-0.2, 0) is 6.42 Å². The lowest BCUT2D eigenvalue weighted by Gasteiger charge is -2.18. The quantitative estimate of drug-likeness (QED) is 0.621. The Bertz CT molecular complexity index is 484. The van der Waals surface area contributed by atoms with Crippen molar-refractivity contribution in [3.63, 3.8) is 0 Å². The summed E-state index contributed by atoms with van der Waals surface area (Å²) in [5, 5.41) is 0. The second-order valence-electron chi connectivity index (χ2n) is 4.91. The van der Waals surface area contributed by atoms with Crippen LogP contribution in [0.5, 0.6) is 0 Å². The minimum atomic E-state index is 0.606. The van der Waals surface area contributed by atoms with Gasteiger partial charge in [-0.15, -0.1) is 0 Å². The molecule has 1 unspecified atom stereocenters. The van der Waals surface area contributed by atoms with Crippen LogP contribution in [0.15, 0.2) is 54.6 Å². The summed E-state index contributed by atoms with van der Waals surface area (Å²) in [7, 11) is 0. The summed E-state index contributed by atoms with van der Waals surface area (Å²) in [6.45, 7) is 0. The third kappa shape index (κ3) is 2.12. The number of hydrogen-bond donors (Lipinski definition) is 0. The Hall–Kier alpha value is -1.56. The van der Waals surface area contributed by atoms with Crippen molar-refractivity contribution in [1.29, 1.82) is 0 Å². The molecule has 0 N–H and O–H groups in total. The molecule has 1 aliphatic rings. The minimum absolute atomic E-state index is 0.606. The van der Waals surface area contributed by atoms with Gasteiger partial charge in [-0.1, -0.05) is 61.0 Å². The molecule has 0 nitrogen and oxygen atoms in total. The Labute approximate surface area is 103 Å². The molecule has 2 aromatic carbocycles. The summed E-state index contributed by atoms with van der Waals surface area (Å²) >= 11 is 0. The van der Waals surface area contributed by atoms with E-state index in [0.717, 1.165) is 0 Å². The van der Waals surface area contributed by atoms with Crippen LogP contribution in [0.25, 0.3) is 0 Å². The van der Waals surface area contributed by atoms with E-state index in [2.05, 4.69) is 54.6 Å². The molecule has 0 heteroatoms. The highest BCUT2D eigenvalue weighted by atomic mass is 14.2. The number of hydrogen-bond acceptors (Lipinski definition) is 0. The van der Waals surface area contributed by atoms with E-state index >= 15 is 0 Å². The molecule has 1 atom stereocenters. The molecule has 0 aromatic heterocycles. The summed E-state index contributed by atoms with van der Waals surface area (Å²) in [6, 6.07) is 19.9. The fourth-order valence-electron chi connectivity index (χ4n) is 2.95. The first-order chi connectivity index (χ1) is 8.45. The van der Waals surface area contributed by atoms with Crippen LogP contribution in [0, 0.1) is 0 Å². The van der Waals surface area contributed by atoms with Crippen molar-refractivity contribution < 1.29 is 0 Å². The van der Waals surface area contributed by atoms with Crippen molar-refractivity contribution in [2.45, 2.75) is 31.6 Å². The fraction of sp³-hybridized carbons (Fsp3) is 0.294. The van der Waals surface area contributed by atoms with Gasteiger partial charge in [-0.05, 0) is 36.0 Å². The Morgan fingerprint density at radius 1 is 0.765 bits per heavy atom. The zero-order chi connectivity index (χ0) is 11.5. The van der Waals surface area contributed by atoms with Gasteiger partial charge in [0.05, 0.1) is 0 Å². The third-order valence-electron chi connectivity index (χ3n) is 3.82. The van der Waals surface area contributed by atoms with E-state index in [1.54, 1.807) is 11.1 Å². The van der Waals surface area contributed by atoms with E-state index in [4.69, 9.17) is 0 Å². The molecule has 0 fully saturated rings. The lowest BCUT2D eigenvalue weighted by Crippen LogP contribution is -2.01. The summed E-state index contributed by atoms with van der Waals surface area (Å²) in [5.41, 5.74) is 4.58. The lowest BCUT2D eigenvalue weighted by molar-refractivity contribution is 0.658. The monoisotopic (exact) mass is 222 g/mol. The van der Waals surface area contributed by atoms with Gasteiger partial charge in [-0.25, -0.2) is 0 Å². The largest absolute Gasteiger partial charge is 0.0622 e. The third-order valence-corrected chi connectivity index (χ3v) is 3.82. The first-order valence-electron chi connectivity index (χ1n) is 6.58. The molecule has 0 spiro atoms. The van der Waals surface area contributed by atoms with Gasteiger partial charge < -0.3 is 0 Å². The maximum atomic E-state index is 2.32. The van der Waals surface area contributed by atoms with Crippen LogP contribution in [0.2, 0.25) is 0 Å². The molecule has 0 saturated carbocycles. The number of benzene rings is 2. The van der Waals surface area contributed by atoms with Gasteiger partial charge in [-0.3, -0.25) is 0 Å². The zero-order valence-corrected chi connectivity index (χ0v) is 10.1. The Morgan fingerprint density at radius 3 is 2.41 bits per heavy atom. The van der Waals surface area contributed by atoms with Crippen LogP contribution >= 0.6 is 0 Å². The number of fused-ring (bicyclic) bond motifs is 1. The molecule has 0 aliphatic heterocycles. The van der Waals surface area contributed by atoms with Gasteiger partial charge in [0.1, 0.15) is 0 Å². The maximum absolute atomic E-state index is 2.32. The fourth-order valence-corrected chi connectivity index (χ4v) is 2.95. The number of aryl methyl sites for hydroxylation is 1. The van der Waals surface area contributed by atoms with Crippen LogP contribution in [-0.4, -0.2) is 0 Å². The van der Waals surface area contributed by atoms with Gasteiger partial charge in [0.25, 0.3) is 0 Å². The molecule has 0 saturated heterocycles. The summed E-state index contributed by atoms with van der Waals surface area (Å²) < 4.78 is 0. The molecule has 1 aliphatic carbocycles. The summed E-state index contributed by atoms with van der Waals surface area (Å²) in [5.74, 6) is 0.606. The van der Waals surface area contributed by atoms with E-state index in [1.165, 1.54) is 31.2 Å². The Morgan fingerprint density at radius 2 is 1.53 bits per heavy atom. The van der Waals surface area contributed by atoms with Crippen molar-refractivity contribution >= 4 is 0 Å². The van der Waals surface area contributed by atoms with Crippen LogP contribution in [0.4, 0.5) is 0 Å². The van der Waals surface area contributed by atoms with Gasteiger partial charge in [0.2, 0.25) is 0 Å². The van der Waals surface area contributed by atoms with E-state index < -0.39 is 0 Å². The maximum Gasteiger partial charge on any atom is 0.00920 e. The molecule has 0 bridgehead atoms. The molecule has 86 valence electrons. The average Bonchev–Trinajstić information content (AvgIpc) is 2.62. The molecule has 3 rings (SSSR count). The summed E-state index contributed by atoms with van der Waals surface area (Å²) in [4.78, 5) is 0. The predicted molar refractivity (Wildman–Crippen MR) is 72.3 cm³/mol. The molecule has 0 heterocycles. The van der Waals surface area contributed by atoms with Crippen molar-refractivity contribution in [3.8, 4) is 0 Å². The van der Waals surface area contributed by atoms with Gasteiger partial charge >= 0.3 is 0 Å². The van der Waals surface area contributed by atoms with E-state index in [9.17, 15) is 0 Å². The van der Waals surface area contributed by atoms with E-state index in [-0.39, 0.29) is 0 Å². The highest BCUT2D eigenvalue weighted by Gasteiger charge is 2.19. The topological polar surface area (TPSA) is 0 Å². The van der Waals surface area contributed by atoms with Crippen LogP contribution in [0.1, 0.15) is 41.9 Å². The minimum Gasteiger partial charge on any atom is -0.0622 e.